The molecule has 2 aromatic rings. The van der Waals surface area contributed by atoms with Crippen LogP contribution in [0.25, 0.3) is 0 Å². The zero-order chi connectivity index (χ0) is 16.4. The highest BCUT2D eigenvalue weighted by Gasteiger charge is 2.63. The summed E-state index contributed by atoms with van der Waals surface area (Å²) in [6.45, 7) is 1.90. The quantitative estimate of drug-likeness (QED) is 0.834. The number of hydrogen-bond acceptors (Lipinski definition) is 3. The van der Waals surface area contributed by atoms with Crippen LogP contribution in [0.2, 0.25) is 5.02 Å². The highest BCUT2D eigenvalue weighted by molar-refractivity contribution is 7.93. The van der Waals surface area contributed by atoms with E-state index in [0.717, 1.165) is 5.56 Å². The molecular weight excluding hydrogens is 334 g/mol. The van der Waals surface area contributed by atoms with E-state index < -0.39 is 15.6 Å². The minimum atomic E-state index is -3.79. The van der Waals surface area contributed by atoms with E-state index in [0.29, 0.717) is 29.1 Å². The first kappa shape index (κ1) is 14.7. The van der Waals surface area contributed by atoms with Crippen molar-refractivity contribution in [1.82, 2.24) is 0 Å². The molecule has 23 heavy (non-hydrogen) atoms. The number of carbonyl (C=O) groups excluding carboxylic acids is 1. The molecule has 0 atom stereocenters. The minimum Gasteiger partial charge on any atom is -0.291 e. The number of carbonyl (C=O) groups is 1. The highest BCUT2D eigenvalue weighted by Crippen LogP contribution is 2.55. The standard InChI is InChI=1S/C17H14ClNO3S/c1-11-2-5-13(6-3-11)23(21,22)19-15-7-4-12(18)10-14(15)16(20)17(19)8-9-17/h2-7,10H,8-9H2,1H3. The molecule has 1 saturated carbocycles. The van der Waals surface area contributed by atoms with Gasteiger partial charge in [-0.2, -0.15) is 0 Å². The molecule has 0 aromatic heterocycles. The van der Waals surface area contributed by atoms with Crippen LogP contribution in [-0.4, -0.2) is 19.7 Å². The number of fused-ring (bicyclic) bond motifs is 1. The predicted octanol–water partition coefficient (Wildman–Crippen LogP) is 3.57. The molecule has 0 amide bonds. The molecule has 0 N–H and O–H groups in total. The van der Waals surface area contributed by atoms with Crippen molar-refractivity contribution in [3.05, 3.63) is 58.6 Å². The summed E-state index contributed by atoms with van der Waals surface area (Å²) in [5.74, 6) is -0.148. The molecule has 1 aliphatic heterocycles. The van der Waals surface area contributed by atoms with E-state index in [4.69, 9.17) is 11.6 Å². The summed E-state index contributed by atoms with van der Waals surface area (Å²) < 4.78 is 27.6. The number of halogens is 1. The van der Waals surface area contributed by atoms with Crippen molar-refractivity contribution in [3.8, 4) is 0 Å². The number of ketones is 1. The van der Waals surface area contributed by atoms with Crippen molar-refractivity contribution in [2.45, 2.75) is 30.2 Å². The van der Waals surface area contributed by atoms with E-state index in [-0.39, 0.29) is 10.7 Å². The fourth-order valence-corrected chi connectivity index (χ4v) is 5.17. The van der Waals surface area contributed by atoms with Gasteiger partial charge in [-0.1, -0.05) is 29.3 Å². The first-order valence-corrected chi connectivity index (χ1v) is 9.14. The molecule has 1 fully saturated rings. The van der Waals surface area contributed by atoms with Crippen molar-refractivity contribution in [1.29, 1.82) is 0 Å². The lowest BCUT2D eigenvalue weighted by molar-refractivity contribution is 0.0964. The molecule has 0 radical (unpaired) electrons. The number of rotatable bonds is 2. The lowest BCUT2D eigenvalue weighted by atomic mass is 10.1. The third kappa shape index (κ3) is 1.96. The van der Waals surface area contributed by atoms with Gasteiger partial charge in [0.2, 0.25) is 0 Å². The molecule has 0 saturated heterocycles. The minimum absolute atomic E-state index is 0.148. The van der Waals surface area contributed by atoms with E-state index in [1.54, 1.807) is 42.5 Å². The summed E-state index contributed by atoms with van der Waals surface area (Å²) >= 11 is 5.98. The second-order valence-corrected chi connectivity index (χ2v) is 8.33. The van der Waals surface area contributed by atoms with E-state index in [9.17, 15) is 13.2 Å². The van der Waals surface area contributed by atoms with Crippen LogP contribution in [-0.2, 0) is 10.0 Å². The third-order valence-corrected chi connectivity index (χ3v) is 6.65. The molecule has 6 heteroatoms. The Morgan fingerprint density at radius 1 is 1.09 bits per heavy atom. The fraction of sp³-hybridized carbons (Fsp3) is 0.235. The van der Waals surface area contributed by atoms with Gasteiger partial charge in [0.15, 0.2) is 5.78 Å². The van der Waals surface area contributed by atoms with Crippen LogP contribution in [0.3, 0.4) is 0 Å². The number of aryl methyl sites for hydroxylation is 1. The summed E-state index contributed by atoms with van der Waals surface area (Å²) in [5, 5.41) is 0.433. The SMILES string of the molecule is Cc1ccc(S(=O)(=O)N2c3ccc(Cl)cc3C(=O)C23CC3)cc1. The topological polar surface area (TPSA) is 54.5 Å². The molecule has 118 valence electrons. The average molecular weight is 348 g/mol. The Balaban J connectivity index is 1.92. The zero-order valence-electron chi connectivity index (χ0n) is 12.4. The lowest BCUT2D eigenvalue weighted by Gasteiger charge is -2.25. The van der Waals surface area contributed by atoms with Gasteiger partial charge in [0.1, 0.15) is 5.54 Å². The van der Waals surface area contributed by atoms with Crippen LogP contribution in [0.1, 0.15) is 28.8 Å². The fourth-order valence-electron chi connectivity index (χ4n) is 3.16. The number of sulfonamides is 1. The molecule has 2 aliphatic rings. The van der Waals surface area contributed by atoms with Crippen LogP contribution >= 0.6 is 11.6 Å². The van der Waals surface area contributed by atoms with Crippen molar-refractivity contribution in [2.24, 2.45) is 0 Å². The van der Waals surface area contributed by atoms with Crippen molar-refractivity contribution >= 4 is 33.1 Å². The van der Waals surface area contributed by atoms with Crippen molar-refractivity contribution in [3.63, 3.8) is 0 Å². The Bertz CT molecular complexity index is 931. The molecule has 4 rings (SSSR count). The number of hydrogen-bond donors (Lipinski definition) is 0. The first-order valence-electron chi connectivity index (χ1n) is 7.33. The molecule has 1 heterocycles. The molecule has 0 bridgehead atoms. The normalized spacial score (nSPS) is 18.3. The van der Waals surface area contributed by atoms with Crippen LogP contribution in [0.5, 0.6) is 0 Å². The zero-order valence-corrected chi connectivity index (χ0v) is 14.0. The number of anilines is 1. The number of nitrogens with zero attached hydrogens (tertiary/aromatic N) is 1. The Morgan fingerprint density at radius 3 is 2.35 bits per heavy atom. The summed E-state index contributed by atoms with van der Waals surface area (Å²) in [4.78, 5) is 12.9. The Kier molecular flexibility index (Phi) is 2.93. The highest BCUT2D eigenvalue weighted by atomic mass is 35.5. The summed E-state index contributed by atoms with van der Waals surface area (Å²) in [6.07, 6.45) is 1.09. The predicted molar refractivity (Wildman–Crippen MR) is 88.6 cm³/mol. The largest absolute Gasteiger partial charge is 0.291 e. The lowest BCUT2D eigenvalue weighted by Crippen LogP contribution is -2.42. The van der Waals surface area contributed by atoms with Crippen molar-refractivity contribution in [2.75, 3.05) is 4.31 Å². The van der Waals surface area contributed by atoms with Crippen LogP contribution < -0.4 is 4.31 Å². The van der Waals surface area contributed by atoms with Gasteiger partial charge in [0, 0.05) is 10.6 Å². The van der Waals surface area contributed by atoms with Gasteiger partial charge in [-0.25, -0.2) is 8.42 Å². The van der Waals surface area contributed by atoms with Gasteiger partial charge in [-0.05, 0) is 50.1 Å². The van der Waals surface area contributed by atoms with E-state index >= 15 is 0 Å². The maximum absolute atomic E-state index is 13.1. The van der Waals surface area contributed by atoms with E-state index in [2.05, 4.69) is 0 Å². The molecule has 0 unspecified atom stereocenters. The van der Waals surface area contributed by atoms with Gasteiger partial charge in [0.25, 0.3) is 10.0 Å². The van der Waals surface area contributed by atoms with Crippen LogP contribution in [0, 0.1) is 6.92 Å². The summed E-state index contributed by atoms with van der Waals surface area (Å²) in [5.41, 5.74) is 0.856. The maximum atomic E-state index is 13.1. The van der Waals surface area contributed by atoms with Gasteiger partial charge in [-0.3, -0.25) is 9.10 Å². The smallest absolute Gasteiger partial charge is 0.265 e. The van der Waals surface area contributed by atoms with E-state index in [1.165, 1.54) is 4.31 Å². The molecule has 4 nitrogen and oxygen atoms in total. The monoisotopic (exact) mass is 347 g/mol. The van der Waals surface area contributed by atoms with Gasteiger partial charge < -0.3 is 0 Å². The second kappa shape index (κ2) is 4.58. The Hall–Kier alpha value is -1.85. The Labute approximate surface area is 139 Å². The van der Waals surface area contributed by atoms with E-state index in [1.807, 2.05) is 6.92 Å². The molecule has 2 aromatic carbocycles. The van der Waals surface area contributed by atoms with Crippen LogP contribution in [0.15, 0.2) is 47.4 Å². The number of benzene rings is 2. The van der Waals surface area contributed by atoms with Gasteiger partial charge in [-0.15, -0.1) is 0 Å². The summed E-state index contributed by atoms with van der Waals surface area (Å²) in [6, 6.07) is 11.5. The Morgan fingerprint density at radius 2 is 1.74 bits per heavy atom. The second-order valence-electron chi connectivity index (χ2n) is 6.10. The first-order chi connectivity index (χ1) is 10.9. The summed E-state index contributed by atoms with van der Waals surface area (Å²) in [7, 11) is -3.79. The molecular formula is C17H14ClNO3S. The van der Waals surface area contributed by atoms with Crippen molar-refractivity contribution < 1.29 is 13.2 Å². The molecule has 1 aliphatic carbocycles. The van der Waals surface area contributed by atoms with Gasteiger partial charge in [0.05, 0.1) is 10.6 Å². The number of Topliss-reactive ketones (excluding diaryl/α,β-unsaturated/α-hetero) is 1. The maximum Gasteiger partial charge on any atom is 0.265 e. The average Bonchev–Trinajstić information content (AvgIpc) is 3.25. The van der Waals surface area contributed by atoms with Crippen LogP contribution in [0.4, 0.5) is 5.69 Å². The third-order valence-electron chi connectivity index (χ3n) is 4.52. The van der Waals surface area contributed by atoms with Gasteiger partial charge >= 0.3 is 0 Å². The molecule has 1 spiro atoms.